The van der Waals surface area contributed by atoms with Gasteiger partial charge in [0.25, 0.3) is 0 Å². The van der Waals surface area contributed by atoms with E-state index < -0.39 is 0 Å². The number of hydrogen-bond donors (Lipinski definition) is 1. The van der Waals surface area contributed by atoms with Crippen LogP contribution in [0.15, 0.2) is 15.9 Å². The van der Waals surface area contributed by atoms with E-state index in [1.807, 2.05) is 11.3 Å². The van der Waals surface area contributed by atoms with Crippen molar-refractivity contribution < 1.29 is 0 Å². The van der Waals surface area contributed by atoms with Crippen molar-refractivity contribution >= 4 is 32.3 Å². The molecule has 0 spiro atoms. The summed E-state index contributed by atoms with van der Waals surface area (Å²) in [6.45, 7) is 3.56. The van der Waals surface area contributed by atoms with Crippen LogP contribution in [-0.2, 0) is 0 Å². The Bertz CT molecular complexity index is 307. The van der Waals surface area contributed by atoms with Gasteiger partial charge >= 0.3 is 0 Å². The summed E-state index contributed by atoms with van der Waals surface area (Å²) in [5.41, 5.74) is 0. The second-order valence-electron chi connectivity index (χ2n) is 4.15. The topological polar surface area (TPSA) is 15.3 Å². The van der Waals surface area contributed by atoms with Crippen molar-refractivity contribution in [2.75, 3.05) is 31.6 Å². The SMILES string of the molecule is CN(CC1CCNCC1)c1ccc(Br)s1. The molecule has 2 rings (SSSR count). The Morgan fingerprint density at radius 2 is 2.20 bits per heavy atom. The number of nitrogens with one attached hydrogen (secondary N) is 1. The third-order valence-electron chi connectivity index (χ3n) is 2.93. The van der Waals surface area contributed by atoms with Gasteiger partial charge in [0.15, 0.2) is 0 Å². The zero-order valence-corrected chi connectivity index (χ0v) is 11.4. The summed E-state index contributed by atoms with van der Waals surface area (Å²) in [7, 11) is 2.19. The largest absolute Gasteiger partial charge is 0.366 e. The zero-order chi connectivity index (χ0) is 10.7. The first-order valence-corrected chi connectivity index (χ1v) is 7.04. The third kappa shape index (κ3) is 3.20. The van der Waals surface area contributed by atoms with Gasteiger partial charge in [0.2, 0.25) is 0 Å². The van der Waals surface area contributed by atoms with E-state index in [2.05, 4.69) is 45.3 Å². The van der Waals surface area contributed by atoms with E-state index in [1.54, 1.807) is 0 Å². The van der Waals surface area contributed by atoms with Gasteiger partial charge in [-0.05, 0) is 59.9 Å². The standard InChI is InChI=1S/C11H17BrN2S/c1-14(11-3-2-10(12)15-11)8-9-4-6-13-7-5-9/h2-3,9,13H,4-8H2,1H3. The van der Waals surface area contributed by atoms with E-state index in [9.17, 15) is 0 Å². The highest BCUT2D eigenvalue weighted by Gasteiger charge is 2.15. The number of anilines is 1. The van der Waals surface area contributed by atoms with Gasteiger partial charge in [-0.3, -0.25) is 0 Å². The van der Waals surface area contributed by atoms with E-state index in [0.29, 0.717) is 0 Å². The lowest BCUT2D eigenvalue weighted by atomic mass is 9.98. The molecule has 1 aromatic rings. The number of thiophene rings is 1. The fourth-order valence-electron chi connectivity index (χ4n) is 2.05. The van der Waals surface area contributed by atoms with Crippen LogP contribution >= 0.6 is 27.3 Å². The molecule has 0 aromatic carbocycles. The Kier molecular flexibility index (Phi) is 4.05. The maximum atomic E-state index is 3.51. The summed E-state index contributed by atoms with van der Waals surface area (Å²) in [6.07, 6.45) is 2.63. The lowest BCUT2D eigenvalue weighted by Gasteiger charge is -2.27. The second-order valence-corrected chi connectivity index (χ2v) is 6.59. The van der Waals surface area contributed by atoms with Gasteiger partial charge in [0.05, 0.1) is 8.79 Å². The van der Waals surface area contributed by atoms with Gasteiger partial charge in [-0.15, -0.1) is 11.3 Å². The van der Waals surface area contributed by atoms with Crippen LogP contribution in [0.1, 0.15) is 12.8 Å². The summed E-state index contributed by atoms with van der Waals surface area (Å²) < 4.78 is 1.22. The second kappa shape index (κ2) is 5.32. The quantitative estimate of drug-likeness (QED) is 0.920. The maximum Gasteiger partial charge on any atom is 0.0917 e. The van der Waals surface area contributed by atoms with Gasteiger partial charge in [-0.1, -0.05) is 0 Å². The smallest absolute Gasteiger partial charge is 0.0917 e. The highest BCUT2D eigenvalue weighted by Crippen LogP contribution is 2.30. The monoisotopic (exact) mass is 288 g/mol. The molecule has 0 atom stereocenters. The molecular weight excluding hydrogens is 272 g/mol. The average Bonchev–Trinajstić information content (AvgIpc) is 2.66. The first-order valence-electron chi connectivity index (χ1n) is 5.43. The van der Waals surface area contributed by atoms with E-state index in [1.165, 1.54) is 41.3 Å². The predicted octanol–water partition coefficient (Wildman–Crippen LogP) is 2.95. The van der Waals surface area contributed by atoms with Crippen LogP contribution in [0.2, 0.25) is 0 Å². The highest BCUT2D eigenvalue weighted by atomic mass is 79.9. The van der Waals surface area contributed by atoms with Crippen molar-refractivity contribution in [1.82, 2.24) is 5.32 Å². The first-order chi connectivity index (χ1) is 7.25. The van der Waals surface area contributed by atoms with Gasteiger partial charge in [-0.2, -0.15) is 0 Å². The molecule has 1 aliphatic heterocycles. The highest BCUT2D eigenvalue weighted by molar-refractivity contribution is 9.11. The van der Waals surface area contributed by atoms with Gasteiger partial charge < -0.3 is 10.2 Å². The van der Waals surface area contributed by atoms with Crippen molar-refractivity contribution in [1.29, 1.82) is 0 Å². The molecule has 84 valence electrons. The molecule has 1 aromatic heterocycles. The lowest BCUT2D eigenvalue weighted by Crippen LogP contribution is -2.34. The number of nitrogens with zero attached hydrogens (tertiary/aromatic N) is 1. The molecule has 0 radical (unpaired) electrons. The maximum absolute atomic E-state index is 3.51. The number of rotatable bonds is 3. The van der Waals surface area contributed by atoms with Crippen LogP contribution in [0.4, 0.5) is 5.00 Å². The molecule has 0 saturated carbocycles. The minimum absolute atomic E-state index is 0.858. The summed E-state index contributed by atoms with van der Waals surface area (Å²) in [4.78, 5) is 2.38. The van der Waals surface area contributed by atoms with Crippen LogP contribution in [0.25, 0.3) is 0 Å². The van der Waals surface area contributed by atoms with Crippen LogP contribution in [-0.4, -0.2) is 26.7 Å². The molecular formula is C11H17BrN2S. The van der Waals surface area contributed by atoms with Crippen LogP contribution in [0.5, 0.6) is 0 Å². The molecule has 0 aliphatic carbocycles. The summed E-state index contributed by atoms with van der Waals surface area (Å²) >= 11 is 5.32. The molecule has 15 heavy (non-hydrogen) atoms. The Balaban J connectivity index is 1.88. The van der Waals surface area contributed by atoms with Gasteiger partial charge in [0.1, 0.15) is 0 Å². The van der Waals surface area contributed by atoms with Crippen molar-refractivity contribution in [3.8, 4) is 0 Å². The Hall–Kier alpha value is -0.0600. The lowest BCUT2D eigenvalue weighted by molar-refractivity contribution is 0.378. The zero-order valence-electron chi connectivity index (χ0n) is 9.00. The minimum atomic E-state index is 0.858. The molecule has 0 unspecified atom stereocenters. The molecule has 4 heteroatoms. The van der Waals surface area contributed by atoms with Crippen molar-refractivity contribution in [3.63, 3.8) is 0 Å². The van der Waals surface area contributed by atoms with E-state index >= 15 is 0 Å². The minimum Gasteiger partial charge on any atom is -0.366 e. The summed E-state index contributed by atoms with van der Waals surface area (Å²) in [5, 5.41) is 4.77. The molecule has 1 fully saturated rings. The predicted molar refractivity (Wildman–Crippen MR) is 70.9 cm³/mol. The average molecular weight is 289 g/mol. The fourth-order valence-corrected chi connectivity index (χ4v) is 3.38. The molecule has 2 heterocycles. The number of halogens is 1. The molecule has 0 bridgehead atoms. The fraction of sp³-hybridized carbons (Fsp3) is 0.636. The molecule has 1 N–H and O–H groups in total. The van der Waals surface area contributed by atoms with E-state index in [-0.39, 0.29) is 0 Å². The third-order valence-corrected chi connectivity index (χ3v) is 4.66. The Morgan fingerprint density at radius 3 is 2.80 bits per heavy atom. The number of piperidine rings is 1. The Labute approximate surface area is 104 Å². The van der Waals surface area contributed by atoms with E-state index in [4.69, 9.17) is 0 Å². The molecule has 1 saturated heterocycles. The molecule has 1 aliphatic rings. The molecule has 2 nitrogen and oxygen atoms in total. The van der Waals surface area contributed by atoms with Crippen LogP contribution in [0, 0.1) is 5.92 Å². The van der Waals surface area contributed by atoms with Crippen molar-refractivity contribution in [3.05, 3.63) is 15.9 Å². The summed E-state index contributed by atoms with van der Waals surface area (Å²) in [5.74, 6) is 0.858. The van der Waals surface area contributed by atoms with Gasteiger partial charge in [0, 0.05) is 13.6 Å². The van der Waals surface area contributed by atoms with Crippen molar-refractivity contribution in [2.45, 2.75) is 12.8 Å². The van der Waals surface area contributed by atoms with Gasteiger partial charge in [-0.25, -0.2) is 0 Å². The normalized spacial score (nSPS) is 18.0. The van der Waals surface area contributed by atoms with E-state index in [0.717, 1.165) is 5.92 Å². The first kappa shape index (κ1) is 11.4. The number of hydrogen-bond acceptors (Lipinski definition) is 3. The Morgan fingerprint density at radius 1 is 1.47 bits per heavy atom. The molecule has 0 amide bonds. The van der Waals surface area contributed by atoms with Crippen LogP contribution in [0.3, 0.4) is 0 Å². The van der Waals surface area contributed by atoms with Crippen LogP contribution < -0.4 is 10.2 Å². The van der Waals surface area contributed by atoms with Crippen molar-refractivity contribution in [2.24, 2.45) is 5.92 Å². The summed E-state index contributed by atoms with van der Waals surface area (Å²) in [6, 6.07) is 4.31.